The maximum Gasteiger partial charge on any atom is 0.341 e. The Morgan fingerprint density at radius 2 is 2.09 bits per heavy atom. The van der Waals surface area contributed by atoms with Crippen molar-refractivity contribution in [1.82, 2.24) is 4.98 Å². The Hall–Kier alpha value is -1.38. The summed E-state index contributed by atoms with van der Waals surface area (Å²) in [6.07, 6.45) is 3.41. The molecular weight excluding hydrogens is 448 g/mol. The van der Waals surface area contributed by atoms with E-state index in [-0.39, 0.29) is 6.61 Å². The molecule has 1 aromatic heterocycles. The quantitative estimate of drug-likeness (QED) is 0.537. The predicted octanol–water partition coefficient (Wildman–Crippen LogP) is 4.12. The fourth-order valence-electron chi connectivity index (χ4n) is 1.69. The van der Waals surface area contributed by atoms with Gasteiger partial charge in [0.05, 0.1) is 11.3 Å². The van der Waals surface area contributed by atoms with Crippen LogP contribution in [-0.2, 0) is 9.53 Å². The molecule has 0 saturated heterocycles. The molecule has 120 valence electrons. The van der Waals surface area contributed by atoms with E-state index >= 15 is 0 Å². The number of aromatic nitrogens is 1. The standard InChI is InChI=1S/C15H12Br2N2O3S/c1-23-14-10(3-2-6-18-14)15(21)22-8-13(20)19-12-5-4-9(16)7-11(12)17/h2-7H,8H2,1H3,(H,19,20). The highest BCUT2D eigenvalue weighted by atomic mass is 79.9. The van der Waals surface area contributed by atoms with E-state index in [1.54, 1.807) is 30.5 Å². The SMILES string of the molecule is CSc1ncccc1C(=O)OCC(=O)Nc1ccc(Br)cc1Br. The molecule has 0 radical (unpaired) electrons. The molecule has 0 fully saturated rings. The highest BCUT2D eigenvalue weighted by Gasteiger charge is 2.15. The lowest BCUT2D eigenvalue weighted by molar-refractivity contribution is -0.119. The summed E-state index contributed by atoms with van der Waals surface area (Å²) < 4.78 is 6.65. The number of nitrogens with one attached hydrogen (secondary N) is 1. The number of esters is 1. The van der Waals surface area contributed by atoms with Crippen LogP contribution in [0.4, 0.5) is 5.69 Å². The van der Waals surface area contributed by atoms with Crippen molar-refractivity contribution >= 4 is 61.2 Å². The molecule has 0 atom stereocenters. The molecule has 0 aliphatic heterocycles. The van der Waals surface area contributed by atoms with Gasteiger partial charge in [0.1, 0.15) is 5.03 Å². The highest BCUT2D eigenvalue weighted by Crippen LogP contribution is 2.26. The van der Waals surface area contributed by atoms with Gasteiger partial charge < -0.3 is 10.1 Å². The number of carbonyl (C=O) groups excluding carboxylic acids is 2. The van der Waals surface area contributed by atoms with E-state index in [0.717, 1.165) is 8.95 Å². The zero-order chi connectivity index (χ0) is 16.8. The second-order valence-electron chi connectivity index (χ2n) is 4.31. The summed E-state index contributed by atoms with van der Waals surface area (Å²) in [4.78, 5) is 28.0. The number of halogens is 2. The largest absolute Gasteiger partial charge is 0.452 e. The van der Waals surface area contributed by atoms with Crippen molar-refractivity contribution in [3.05, 3.63) is 51.0 Å². The monoisotopic (exact) mass is 458 g/mol. The fraction of sp³-hybridized carbons (Fsp3) is 0.133. The Bertz CT molecular complexity index is 740. The molecule has 0 unspecified atom stereocenters. The number of rotatable bonds is 5. The summed E-state index contributed by atoms with van der Waals surface area (Å²) in [5, 5.41) is 3.23. The van der Waals surface area contributed by atoms with E-state index in [1.807, 2.05) is 12.3 Å². The molecule has 0 spiro atoms. The Morgan fingerprint density at radius 1 is 1.30 bits per heavy atom. The van der Waals surface area contributed by atoms with Crippen molar-refractivity contribution in [2.75, 3.05) is 18.2 Å². The van der Waals surface area contributed by atoms with E-state index < -0.39 is 11.9 Å². The van der Waals surface area contributed by atoms with E-state index in [2.05, 4.69) is 42.2 Å². The van der Waals surface area contributed by atoms with Crippen LogP contribution in [0, 0.1) is 0 Å². The number of hydrogen-bond donors (Lipinski definition) is 1. The number of thioether (sulfide) groups is 1. The number of carbonyl (C=O) groups is 2. The third kappa shape index (κ3) is 5.05. The van der Waals surface area contributed by atoms with Crippen molar-refractivity contribution in [2.24, 2.45) is 0 Å². The van der Waals surface area contributed by atoms with E-state index in [4.69, 9.17) is 4.74 Å². The first kappa shape index (κ1) is 18.0. The number of amides is 1. The summed E-state index contributed by atoms with van der Waals surface area (Å²) in [7, 11) is 0. The second kappa shape index (κ2) is 8.47. The van der Waals surface area contributed by atoms with Crippen molar-refractivity contribution in [3.63, 3.8) is 0 Å². The maximum absolute atomic E-state index is 12.0. The van der Waals surface area contributed by atoms with E-state index in [9.17, 15) is 9.59 Å². The Balaban J connectivity index is 1.95. The van der Waals surface area contributed by atoms with Gasteiger partial charge in [0.15, 0.2) is 6.61 Å². The first-order valence-corrected chi connectivity index (χ1v) is 9.23. The van der Waals surface area contributed by atoms with Gasteiger partial charge in [0.2, 0.25) is 0 Å². The first-order valence-electron chi connectivity index (χ1n) is 6.42. The first-order chi connectivity index (χ1) is 11.0. The summed E-state index contributed by atoms with van der Waals surface area (Å²) in [6.45, 7) is -0.371. The van der Waals surface area contributed by atoms with Crippen LogP contribution in [0.25, 0.3) is 0 Å². The molecule has 5 nitrogen and oxygen atoms in total. The van der Waals surface area contributed by atoms with Crippen molar-refractivity contribution in [1.29, 1.82) is 0 Å². The molecular formula is C15H12Br2N2O3S. The van der Waals surface area contributed by atoms with Gasteiger partial charge in [-0.15, -0.1) is 11.8 Å². The van der Waals surface area contributed by atoms with Gasteiger partial charge in [0, 0.05) is 15.1 Å². The lowest BCUT2D eigenvalue weighted by atomic mass is 10.3. The summed E-state index contributed by atoms with van der Waals surface area (Å²) in [5.74, 6) is -0.997. The van der Waals surface area contributed by atoms with Crippen LogP contribution in [0.15, 0.2) is 50.5 Å². The smallest absolute Gasteiger partial charge is 0.341 e. The zero-order valence-electron chi connectivity index (χ0n) is 12.0. The highest BCUT2D eigenvalue weighted by molar-refractivity contribution is 9.11. The van der Waals surface area contributed by atoms with Crippen LogP contribution in [-0.4, -0.2) is 29.7 Å². The molecule has 1 N–H and O–H groups in total. The molecule has 0 aliphatic rings. The van der Waals surface area contributed by atoms with Gasteiger partial charge in [-0.05, 0) is 52.5 Å². The number of anilines is 1. The predicted molar refractivity (Wildman–Crippen MR) is 96.8 cm³/mol. The van der Waals surface area contributed by atoms with Gasteiger partial charge in [0.25, 0.3) is 5.91 Å². The van der Waals surface area contributed by atoms with Crippen LogP contribution in [0.1, 0.15) is 10.4 Å². The van der Waals surface area contributed by atoms with Crippen molar-refractivity contribution in [3.8, 4) is 0 Å². The summed E-state index contributed by atoms with van der Waals surface area (Å²) >= 11 is 8.02. The lowest BCUT2D eigenvalue weighted by Gasteiger charge is -2.09. The molecule has 2 rings (SSSR count). The average Bonchev–Trinajstić information content (AvgIpc) is 2.55. The van der Waals surface area contributed by atoms with Crippen LogP contribution in [0.3, 0.4) is 0 Å². The molecule has 8 heteroatoms. The molecule has 1 aromatic carbocycles. The number of nitrogens with zero attached hydrogens (tertiary/aromatic N) is 1. The molecule has 0 saturated carbocycles. The van der Waals surface area contributed by atoms with Crippen molar-refractivity contribution in [2.45, 2.75) is 5.03 Å². The molecule has 1 amide bonds. The normalized spacial score (nSPS) is 10.2. The number of pyridine rings is 1. The maximum atomic E-state index is 12.0. The van der Waals surface area contributed by atoms with Crippen LogP contribution >= 0.6 is 43.6 Å². The van der Waals surface area contributed by atoms with Crippen LogP contribution in [0.2, 0.25) is 0 Å². The summed E-state index contributed by atoms with van der Waals surface area (Å²) in [5.41, 5.74) is 0.943. The van der Waals surface area contributed by atoms with Gasteiger partial charge in [-0.2, -0.15) is 0 Å². The van der Waals surface area contributed by atoms with Crippen LogP contribution < -0.4 is 5.32 Å². The molecule has 2 aromatic rings. The van der Waals surface area contributed by atoms with Gasteiger partial charge in [-0.3, -0.25) is 4.79 Å². The number of benzene rings is 1. The number of ether oxygens (including phenoxy) is 1. The minimum absolute atomic E-state index is 0.345. The Labute approximate surface area is 154 Å². The van der Waals surface area contributed by atoms with Gasteiger partial charge in [-0.25, -0.2) is 9.78 Å². The third-order valence-electron chi connectivity index (χ3n) is 2.72. The Morgan fingerprint density at radius 3 is 2.78 bits per heavy atom. The lowest BCUT2D eigenvalue weighted by Crippen LogP contribution is -2.21. The second-order valence-corrected chi connectivity index (χ2v) is 6.87. The molecule has 1 heterocycles. The van der Waals surface area contributed by atoms with E-state index in [1.165, 1.54) is 11.8 Å². The number of hydrogen-bond acceptors (Lipinski definition) is 5. The average molecular weight is 460 g/mol. The zero-order valence-corrected chi connectivity index (χ0v) is 16.0. The topological polar surface area (TPSA) is 68.3 Å². The van der Waals surface area contributed by atoms with E-state index in [0.29, 0.717) is 16.3 Å². The Kier molecular flexibility index (Phi) is 6.61. The van der Waals surface area contributed by atoms with Crippen LogP contribution in [0.5, 0.6) is 0 Å². The minimum Gasteiger partial charge on any atom is -0.452 e. The van der Waals surface area contributed by atoms with Crippen molar-refractivity contribution < 1.29 is 14.3 Å². The molecule has 0 aliphatic carbocycles. The summed E-state index contributed by atoms with van der Waals surface area (Å²) in [6, 6.07) is 8.61. The molecule has 0 bridgehead atoms. The third-order valence-corrected chi connectivity index (χ3v) is 4.59. The van der Waals surface area contributed by atoms with Gasteiger partial charge >= 0.3 is 5.97 Å². The molecule has 23 heavy (non-hydrogen) atoms. The van der Waals surface area contributed by atoms with Gasteiger partial charge in [-0.1, -0.05) is 15.9 Å². The minimum atomic E-state index is -0.576. The fourth-order valence-corrected chi connectivity index (χ4v) is 3.38.